The van der Waals surface area contributed by atoms with Gasteiger partial charge in [-0.1, -0.05) is 13.8 Å². The Labute approximate surface area is 182 Å². The van der Waals surface area contributed by atoms with Crippen LogP contribution >= 0.6 is 15.9 Å². The monoisotopic (exact) mass is 468 g/mol. The third-order valence-electron chi connectivity index (χ3n) is 4.92. The number of aldehydes is 1. The molecule has 29 heavy (non-hydrogen) atoms. The van der Waals surface area contributed by atoms with E-state index in [9.17, 15) is 9.59 Å². The van der Waals surface area contributed by atoms with Crippen molar-refractivity contribution in [2.45, 2.75) is 79.1 Å². The molecule has 2 heterocycles. The summed E-state index contributed by atoms with van der Waals surface area (Å²) in [6.45, 7) is 15.4. The molecule has 0 unspecified atom stereocenters. The van der Waals surface area contributed by atoms with Crippen molar-refractivity contribution >= 4 is 33.9 Å². The molecule has 0 aromatic carbocycles. The van der Waals surface area contributed by atoms with E-state index in [0.717, 1.165) is 36.1 Å². The van der Waals surface area contributed by atoms with Gasteiger partial charge in [-0.15, -0.1) is 0 Å². The molecule has 2 rings (SSSR count). The van der Waals surface area contributed by atoms with E-state index in [1.54, 1.807) is 20.0 Å². The summed E-state index contributed by atoms with van der Waals surface area (Å²) in [4.78, 5) is 31.4. The maximum atomic E-state index is 13.0. The Balaban J connectivity index is 2.60. The number of anilines is 1. The molecule has 1 atom stereocenters. The molecule has 0 amide bonds. The van der Waals surface area contributed by atoms with Gasteiger partial charge in [-0.05, 0) is 68.8 Å². The van der Waals surface area contributed by atoms with Crippen LogP contribution in [0.3, 0.4) is 0 Å². The van der Waals surface area contributed by atoms with Gasteiger partial charge in [0.25, 0.3) is 0 Å². The fourth-order valence-electron chi connectivity index (χ4n) is 3.39. The van der Waals surface area contributed by atoms with Crippen molar-refractivity contribution in [3.05, 3.63) is 21.9 Å². The molecular formula is C22H33BrN2O4. The van der Waals surface area contributed by atoms with Crippen molar-refractivity contribution in [2.24, 2.45) is 5.41 Å². The van der Waals surface area contributed by atoms with Crippen molar-refractivity contribution in [2.75, 3.05) is 18.0 Å². The number of ether oxygens (including phenoxy) is 2. The van der Waals surface area contributed by atoms with Crippen LogP contribution in [0.1, 0.15) is 83.5 Å². The van der Waals surface area contributed by atoms with Gasteiger partial charge in [0.05, 0.1) is 21.9 Å². The van der Waals surface area contributed by atoms with Gasteiger partial charge in [0, 0.05) is 24.8 Å². The van der Waals surface area contributed by atoms with Crippen LogP contribution < -0.4 is 4.90 Å². The van der Waals surface area contributed by atoms with Crippen molar-refractivity contribution in [1.82, 2.24) is 4.98 Å². The molecule has 0 bridgehead atoms. The van der Waals surface area contributed by atoms with Crippen LogP contribution in [0.4, 0.5) is 5.69 Å². The zero-order valence-corrected chi connectivity index (χ0v) is 20.1. The largest absolute Gasteiger partial charge is 0.461 e. The molecule has 7 heteroatoms. The van der Waals surface area contributed by atoms with Crippen LogP contribution in [0, 0.1) is 5.41 Å². The number of hydrogen-bond donors (Lipinski definition) is 0. The molecule has 0 spiro atoms. The molecule has 1 aromatic rings. The molecule has 1 saturated heterocycles. The van der Waals surface area contributed by atoms with Gasteiger partial charge >= 0.3 is 5.97 Å². The summed E-state index contributed by atoms with van der Waals surface area (Å²) in [6.07, 6.45) is 2.98. The van der Waals surface area contributed by atoms with E-state index in [-0.39, 0.29) is 17.2 Å². The highest BCUT2D eigenvalue weighted by atomic mass is 79.9. The average Bonchev–Trinajstić information content (AvgIpc) is 2.58. The number of halogens is 1. The van der Waals surface area contributed by atoms with Crippen molar-refractivity contribution < 1.29 is 19.1 Å². The second-order valence-corrected chi connectivity index (χ2v) is 10.5. The first-order valence-electron chi connectivity index (χ1n) is 10.1. The number of carbonyl (C=O) groups is 2. The lowest BCUT2D eigenvalue weighted by Gasteiger charge is -2.40. The topological polar surface area (TPSA) is 68.7 Å². The van der Waals surface area contributed by atoms with E-state index in [0.29, 0.717) is 11.8 Å². The molecule has 1 aromatic heterocycles. The normalized spacial score (nSPS) is 17.9. The first kappa shape index (κ1) is 23.8. The molecule has 6 nitrogen and oxygen atoms in total. The molecule has 1 fully saturated rings. The molecule has 1 aliphatic rings. The molecule has 0 N–H and O–H groups in total. The van der Waals surface area contributed by atoms with E-state index in [1.807, 2.05) is 20.8 Å². The highest BCUT2D eigenvalue weighted by Crippen LogP contribution is 2.42. The van der Waals surface area contributed by atoms with Gasteiger partial charge in [-0.25, -0.2) is 4.79 Å². The number of piperidine rings is 1. The van der Waals surface area contributed by atoms with Crippen molar-refractivity contribution in [3.8, 4) is 0 Å². The van der Waals surface area contributed by atoms with Crippen molar-refractivity contribution in [1.29, 1.82) is 0 Å². The fourth-order valence-corrected chi connectivity index (χ4v) is 3.96. The Hall–Kier alpha value is -1.47. The standard InChI is InChI=1S/C22H33BrN2O4/c1-14(2)28-20(27)19(29-21(3,4)5)17-16(13-26)24-12-15(23)18(17)25-10-8-22(6,7)9-11-25/h12-14,19H,8-11H2,1-7H3/t19-/m0/s1. The minimum Gasteiger partial charge on any atom is -0.461 e. The lowest BCUT2D eigenvalue weighted by atomic mass is 9.82. The summed E-state index contributed by atoms with van der Waals surface area (Å²) in [6, 6.07) is 0. The third kappa shape index (κ3) is 6.25. The molecule has 0 aliphatic carbocycles. The Morgan fingerprint density at radius 2 is 1.86 bits per heavy atom. The number of aromatic nitrogens is 1. The number of nitrogens with zero attached hydrogens (tertiary/aromatic N) is 2. The predicted molar refractivity (Wildman–Crippen MR) is 117 cm³/mol. The number of carbonyl (C=O) groups excluding carboxylic acids is 2. The lowest BCUT2D eigenvalue weighted by molar-refractivity contribution is -0.171. The smallest absolute Gasteiger partial charge is 0.340 e. The molecule has 0 radical (unpaired) electrons. The van der Waals surface area contributed by atoms with E-state index in [4.69, 9.17) is 9.47 Å². The lowest BCUT2D eigenvalue weighted by Crippen LogP contribution is -2.39. The van der Waals surface area contributed by atoms with Gasteiger partial charge in [0.15, 0.2) is 12.4 Å². The summed E-state index contributed by atoms with van der Waals surface area (Å²) < 4.78 is 12.4. The number of hydrogen-bond acceptors (Lipinski definition) is 6. The second-order valence-electron chi connectivity index (χ2n) is 9.62. The van der Waals surface area contributed by atoms with Gasteiger partial charge in [0.1, 0.15) is 5.69 Å². The minimum absolute atomic E-state index is 0.197. The zero-order valence-electron chi connectivity index (χ0n) is 18.5. The highest BCUT2D eigenvalue weighted by molar-refractivity contribution is 9.10. The van der Waals surface area contributed by atoms with Gasteiger partial charge in [-0.3, -0.25) is 9.78 Å². The fraction of sp³-hybridized carbons (Fsp3) is 0.682. The first-order chi connectivity index (χ1) is 13.3. The third-order valence-corrected chi connectivity index (χ3v) is 5.50. The molecule has 0 saturated carbocycles. The number of pyridine rings is 1. The summed E-state index contributed by atoms with van der Waals surface area (Å²) >= 11 is 3.59. The van der Waals surface area contributed by atoms with Crippen LogP contribution in [-0.2, 0) is 14.3 Å². The summed E-state index contributed by atoms with van der Waals surface area (Å²) in [5.74, 6) is -0.517. The highest BCUT2D eigenvalue weighted by Gasteiger charge is 2.37. The first-order valence-corrected chi connectivity index (χ1v) is 10.9. The van der Waals surface area contributed by atoms with Gasteiger partial charge < -0.3 is 14.4 Å². The molecule has 1 aliphatic heterocycles. The minimum atomic E-state index is -1.05. The van der Waals surface area contributed by atoms with E-state index >= 15 is 0 Å². The van der Waals surface area contributed by atoms with Gasteiger partial charge in [-0.2, -0.15) is 0 Å². The quantitative estimate of drug-likeness (QED) is 0.427. The van der Waals surface area contributed by atoms with Crippen LogP contribution in [0.2, 0.25) is 0 Å². The van der Waals surface area contributed by atoms with Crippen LogP contribution in [0.25, 0.3) is 0 Å². The Morgan fingerprint density at radius 3 is 2.34 bits per heavy atom. The SMILES string of the molecule is CC(C)OC(=O)[C@@H](OC(C)(C)C)c1c(C=O)ncc(Br)c1N1CCC(C)(C)CC1. The second kappa shape index (κ2) is 9.13. The molecule has 162 valence electrons. The maximum Gasteiger partial charge on any atom is 0.340 e. The number of rotatable bonds is 6. The van der Waals surface area contributed by atoms with Crippen LogP contribution in [0.15, 0.2) is 10.7 Å². The summed E-state index contributed by atoms with van der Waals surface area (Å²) in [5.41, 5.74) is 1.09. The Kier molecular flexibility index (Phi) is 7.49. The van der Waals surface area contributed by atoms with E-state index in [1.165, 1.54) is 0 Å². The summed E-state index contributed by atoms with van der Waals surface area (Å²) in [7, 11) is 0. The maximum absolute atomic E-state index is 13.0. The van der Waals surface area contributed by atoms with E-state index < -0.39 is 17.7 Å². The molecular weight excluding hydrogens is 436 g/mol. The zero-order chi connectivity index (χ0) is 22.0. The van der Waals surface area contributed by atoms with Crippen LogP contribution in [0.5, 0.6) is 0 Å². The Bertz CT molecular complexity index is 746. The number of esters is 1. The van der Waals surface area contributed by atoms with Crippen LogP contribution in [-0.4, -0.2) is 42.0 Å². The van der Waals surface area contributed by atoms with Gasteiger partial charge in [0.2, 0.25) is 0 Å². The summed E-state index contributed by atoms with van der Waals surface area (Å²) in [5, 5.41) is 0. The Morgan fingerprint density at radius 1 is 1.28 bits per heavy atom. The predicted octanol–water partition coefficient (Wildman–Crippen LogP) is 5.09. The van der Waals surface area contributed by atoms with E-state index in [2.05, 4.69) is 39.7 Å². The average molecular weight is 469 g/mol. The van der Waals surface area contributed by atoms with Crippen molar-refractivity contribution in [3.63, 3.8) is 0 Å².